The number of nitrogens with zero attached hydrogens (tertiary/aromatic N) is 1. The van der Waals surface area contributed by atoms with Crippen molar-refractivity contribution in [2.75, 3.05) is 33.9 Å². The number of likely N-dealkylation sites (N-methyl/N-ethyl adjacent to an activating group) is 1. The van der Waals surface area contributed by atoms with Crippen LogP contribution in [0.25, 0.3) is 0 Å². The number of benzene rings is 1. The third kappa shape index (κ3) is 6.22. The Morgan fingerprint density at radius 3 is 2.84 bits per heavy atom. The number of ether oxygens (including phenoxy) is 2. The van der Waals surface area contributed by atoms with Crippen LogP contribution in [0.1, 0.15) is 12.0 Å². The zero-order chi connectivity index (χ0) is 14.1. The molecule has 0 radical (unpaired) electrons. The Balaban J connectivity index is 2.23. The van der Waals surface area contributed by atoms with Crippen molar-refractivity contribution in [3.8, 4) is 5.75 Å². The molecule has 0 aliphatic rings. The van der Waals surface area contributed by atoms with Crippen molar-refractivity contribution in [1.29, 1.82) is 0 Å². The van der Waals surface area contributed by atoms with Crippen LogP contribution in [0.15, 0.2) is 24.3 Å². The van der Waals surface area contributed by atoms with Gasteiger partial charge in [-0.25, -0.2) is 0 Å². The Bertz CT molecular complexity index is 396. The van der Waals surface area contributed by atoms with Crippen LogP contribution in [0.3, 0.4) is 0 Å². The van der Waals surface area contributed by atoms with Gasteiger partial charge < -0.3 is 20.1 Å². The first kappa shape index (κ1) is 15.5. The number of rotatable bonds is 8. The predicted molar refractivity (Wildman–Crippen MR) is 74.0 cm³/mol. The maximum Gasteiger partial charge on any atom is 0.306 e. The van der Waals surface area contributed by atoms with E-state index in [9.17, 15) is 4.79 Å². The molecule has 0 heterocycles. The minimum Gasteiger partial charge on any atom is -0.492 e. The molecule has 106 valence electrons. The van der Waals surface area contributed by atoms with E-state index in [1.807, 2.05) is 36.2 Å². The van der Waals surface area contributed by atoms with E-state index in [2.05, 4.69) is 4.74 Å². The molecule has 2 N–H and O–H groups in total. The molecular formula is C14H22N2O3. The zero-order valence-corrected chi connectivity index (χ0v) is 11.6. The number of hydrogen-bond acceptors (Lipinski definition) is 5. The summed E-state index contributed by atoms with van der Waals surface area (Å²) in [6, 6.07) is 7.75. The lowest BCUT2D eigenvalue weighted by atomic mass is 10.2. The molecule has 1 aromatic carbocycles. The molecule has 5 nitrogen and oxygen atoms in total. The molecule has 0 fully saturated rings. The summed E-state index contributed by atoms with van der Waals surface area (Å²) in [6.07, 6.45) is 0.398. The number of hydrogen-bond donors (Lipinski definition) is 1. The third-order valence-electron chi connectivity index (χ3n) is 2.80. The molecule has 0 aliphatic heterocycles. The van der Waals surface area contributed by atoms with Gasteiger partial charge in [0.05, 0.1) is 13.5 Å². The van der Waals surface area contributed by atoms with Crippen molar-refractivity contribution in [3.05, 3.63) is 29.8 Å². The van der Waals surface area contributed by atoms with Gasteiger partial charge in [-0.15, -0.1) is 0 Å². The van der Waals surface area contributed by atoms with E-state index in [4.69, 9.17) is 10.5 Å². The molecule has 5 heteroatoms. The number of esters is 1. The molecule has 19 heavy (non-hydrogen) atoms. The first-order valence-corrected chi connectivity index (χ1v) is 6.33. The smallest absolute Gasteiger partial charge is 0.306 e. The quantitative estimate of drug-likeness (QED) is 0.712. The number of carbonyl (C=O) groups excluding carboxylic acids is 1. The van der Waals surface area contributed by atoms with Gasteiger partial charge in [0.1, 0.15) is 12.4 Å². The van der Waals surface area contributed by atoms with Crippen LogP contribution in [0.2, 0.25) is 0 Å². The fraction of sp³-hybridized carbons (Fsp3) is 0.500. The maximum absolute atomic E-state index is 11.0. The van der Waals surface area contributed by atoms with Crippen molar-refractivity contribution in [2.24, 2.45) is 5.73 Å². The number of nitrogens with two attached hydrogens (primary N) is 1. The standard InChI is InChI=1S/C14H22N2O3/c1-16(7-6-14(17)18-2)8-9-19-13-5-3-4-12(10-13)11-15/h3-5,10H,6-9,11,15H2,1-2H3. The second kappa shape index (κ2) is 8.50. The summed E-state index contributed by atoms with van der Waals surface area (Å²) in [7, 11) is 3.35. The molecule has 0 aromatic heterocycles. The van der Waals surface area contributed by atoms with E-state index in [1.165, 1.54) is 7.11 Å². The summed E-state index contributed by atoms with van der Waals surface area (Å²) < 4.78 is 10.2. The highest BCUT2D eigenvalue weighted by Crippen LogP contribution is 2.12. The lowest BCUT2D eigenvalue weighted by molar-refractivity contribution is -0.140. The summed E-state index contributed by atoms with van der Waals surface area (Å²) in [5.74, 6) is 0.632. The minimum atomic E-state index is -0.191. The third-order valence-corrected chi connectivity index (χ3v) is 2.80. The SMILES string of the molecule is COC(=O)CCN(C)CCOc1cccc(CN)c1. The Hall–Kier alpha value is -1.59. The van der Waals surface area contributed by atoms with Crippen LogP contribution in [-0.2, 0) is 16.1 Å². The second-order valence-electron chi connectivity index (χ2n) is 4.33. The van der Waals surface area contributed by atoms with Crippen LogP contribution >= 0.6 is 0 Å². The Labute approximate surface area is 114 Å². The summed E-state index contributed by atoms with van der Waals surface area (Å²) in [5, 5.41) is 0. The van der Waals surface area contributed by atoms with Crippen molar-refractivity contribution in [2.45, 2.75) is 13.0 Å². The molecule has 0 aliphatic carbocycles. The molecular weight excluding hydrogens is 244 g/mol. The molecule has 0 atom stereocenters. The minimum absolute atomic E-state index is 0.191. The van der Waals surface area contributed by atoms with Gasteiger partial charge in [0.2, 0.25) is 0 Å². The van der Waals surface area contributed by atoms with Gasteiger partial charge in [-0.3, -0.25) is 4.79 Å². The van der Waals surface area contributed by atoms with Crippen molar-refractivity contribution < 1.29 is 14.3 Å². The van der Waals surface area contributed by atoms with Gasteiger partial charge in [0.25, 0.3) is 0 Å². The molecule has 1 rings (SSSR count). The van der Waals surface area contributed by atoms with Gasteiger partial charge in [-0.1, -0.05) is 12.1 Å². The Morgan fingerprint density at radius 2 is 2.16 bits per heavy atom. The van der Waals surface area contributed by atoms with E-state index >= 15 is 0 Å². The average Bonchev–Trinajstić information content (AvgIpc) is 2.45. The molecule has 1 aromatic rings. The van der Waals surface area contributed by atoms with Gasteiger partial charge in [-0.2, -0.15) is 0 Å². The fourth-order valence-corrected chi connectivity index (χ4v) is 1.58. The Morgan fingerprint density at radius 1 is 1.37 bits per heavy atom. The summed E-state index contributed by atoms with van der Waals surface area (Å²) >= 11 is 0. The maximum atomic E-state index is 11.0. The highest BCUT2D eigenvalue weighted by atomic mass is 16.5. The van der Waals surface area contributed by atoms with Crippen LogP contribution in [0.4, 0.5) is 0 Å². The molecule has 0 bridgehead atoms. The van der Waals surface area contributed by atoms with Crippen LogP contribution in [0.5, 0.6) is 5.75 Å². The molecule has 0 unspecified atom stereocenters. The van der Waals surface area contributed by atoms with E-state index in [-0.39, 0.29) is 5.97 Å². The summed E-state index contributed by atoms with van der Waals surface area (Å²) in [6.45, 7) is 2.50. The average molecular weight is 266 g/mol. The summed E-state index contributed by atoms with van der Waals surface area (Å²) in [4.78, 5) is 13.0. The van der Waals surface area contributed by atoms with Crippen LogP contribution in [0, 0.1) is 0 Å². The molecule has 0 saturated heterocycles. The first-order valence-electron chi connectivity index (χ1n) is 6.33. The second-order valence-corrected chi connectivity index (χ2v) is 4.33. The predicted octanol–water partition coefficient (Wildman–Crippen LogP) is 1.02. The van der Waals surface area contributed by atoms with Gasteiger partial charge in [0.15, 0.2) is 0 Å². The summed E-state index contributed by atoms with van der Waals surface area (Å²) in [5.41, 5.74) is 6.62. The zero-order valence-electron chi connectivity index (χ0n) is 11.6. The van der Waals surface area contributed by atoms with E-state index < -0.39 is 0 Å². The fourth-order valence-electron chi connectivity index (χ4n) is 1.58. The van der Waals surface area contributed by atoms with Crippen LogP contribution < -0.4 is 10.5 Å². The lowest BCUT2D eigenvalue weighted by Crippen LogP contribution is -2.27. The Kier molecular flexibility index (Phi) is 6.92. The molecule has 0 amide bonds. The molecule has 0 spiro atoms. The van der Waals surface area contributed by atoms with Crippen molar-refractivity contribution >= 4 is 5.97 Å². The van der Waals surface area contributed by atoms with Crippen molar-refractivity contribution in [1.82, 2.24) is 4.90 Å². The molecule has 0 saturated carbocycles. The highest BCUT2D eigenvalue weighted by Gasteiger charge is 2.04. The van der Waals surface area contributed by atoms with E-state index in [0.717, 1.165) is 17.9 Å². The normalized spacial score (nSPS) is 10.5. The monoisotopic (exact) mass is 266 g/mol. The lowest BCUT2D eigenvalue weighted by Gasteiger charge is -2.16. The van der Waals surface area contributed by atoms with Gasteiger partial charge in [-0.05, 0) is 24.7 Å². The van der Waals surface area contributed by atoms with Gasteiger partial charge >= 0.3 is 5.97 Å². The van der Waals surface area contributed by atoms with E-state index in [0.29, 0.717) is 26.1 Å². The highest BCUT2D eigenvalue weighted by molar-refractivity contribution is 5.69. The first-order chi connectivity index (χ1) is 9.15. The largest absolute Gasteiger partial charge is 0.492 e. The number of carbonyl (C=O) groups is 1. The van der Waals surface area contributed by atoms with E-state index in [1.54, 1.807) is 0 Å². The topological polar surface area (TPSA) is 64.8 Å². The van der Waals surface area contributed by atoms with Crippen LogP contribution in [-0.4, -0.2) is 44.7 Å². The van der Waals surface area contributed by atoms with Crippen molar-refractivity contribution in [3.63, 3.8) is 0 Å². The number of methoxy groups -OCH3 is 1. The van der Waals surface area contributed by atoms with Gasteiger partial charge in [0, 0.05) is 19.6 Å².